The third kappa shape index (κ3) is 4.21. The van der Waals surface area contributed by atoms with Crippen molar-refractivity contribution in [2.75, 3.05) is 18.1 Å². The Bertz CT molecular complexity index is 952. The van der Waals surface area contributed by atoms with Crippen LogP contribution in [-0.2, 0) is 27.3 Å². The van der Waals surface area contributed by atoms with E-state index in [1.165, 1.54) is 46.2 Å². The number of carboxylic acid groups (broad SMARTS) is 1. The summed E-state index contributed by atoms with van der Waals surface area (Å²) in [6.07, 6.45) is 0.237. The molecule has 2 unspecified atom stereocenters. The molecule has 3 atom stereocenters. The fraction of sp³-hybridized carbons (Fsp3) is 0.471. The molecule has 0 radical (unpaired) electrons. The average Bonchev–Trinajstić information content (AvgIpc) is 3.42. The number of hydrogen-bond donors (Lipinski definition) is 3. The Morgan fingerprint density at radius 3 is 2.93 bits per heavy atom. The second-order valence-electron chi connectivity index (χ2n) is 7.01. The van der Waals surface area contributed by atoms with Gasteiger partial charge < -0.3 is 21.1 Å². The Kier molecular flexibility index (Phi) is 6.34. The Labute approximate surface area is 188 Å². The number of β-lactam (4-membered cyclic amide) rings is 1. The topological polar surface area (TPSA) is 139 Å². The van der Waals surface area contributed by atoms with Crippen LogP contribution >= 0.6 is 46.2 Å². The first-order valence-corrected chi connectivity index (χ1v) is 12.8. The van der Waals surface area contributed by atoms with Gasteiger partial charge in [0.05, 0.1) is 6.42 Å². The van der Waals surface area contributed by atoms with E-state index in [0.29, 0.717) is 21.6 Å². The van der Waals surface area contributed by atoms with Gasteiger partial charge in [-0.1, -0.05) is 29.2 Å². The Morgan fingerprint density at radius 1 is 1.43 bits per heavy atom. The molecule has 2 aromatic rings. The van der Waals surface area contributed by atoms with Crippen molar-refractivity contribution in [3.63, 3.8) is 0 Å². The summed E-state index contributed by atoms with van der Waals surface area (Å²) in [5.74, 6) is -0.746. The molecule has 2 aromatic heterocycles. The van der Waals surface area contributed by atoms with Crippen LogP contribution in [0.2, 0.25) is 0 Å². The molecule has 0 aromatic carbocycles. The first-order valence-electron chi connectivity index (χ1n) is 9.04. The molecular formula is C17H19N5O4S4. The van der Waals surface area contributed by atoms with Crippen LogP contribution in [0, 0.1) is 5.41 Å². The predicted octanol–water partition coefficient (Wildman–Crippen LogP) is 0.864. The molecule has 0 spiro atoms. The molecule has 4 heterocycles. The van der Waals surface area contributed by atoms with Crippen molar-refractivity contribution < 1.29 is 19.5 Å². The molecule has 2 saturated heterocycles. The second kappa shape index (κ2) is 8.83. The van der Waals surface area contributed by atoms with Crippen molar-refractivity contribution in [3.8, 4) is 0 Å². The number of thioether (sulfide) groups is 2. The summed E-state index contributed by atoms with van der Waals surface area (Å²) in [6, 6.07) is 3.15. The van der Waals surface area contributed by atoms with Crippen molar-refractivity contribution in [3.05, 3.63) is 27.4 Å². The fourth-order valence-electron chi connectivity index (χ4n) is 3.28. The summed E-state index contributed by atoms with van der Waals surface area (Å²) >= 11 is 5.56. The molecule has 0 aliphatic carbocycles. The van der Waals surface area contributed by atoms with Crippen LogP contribution in [0.4, 0.5) is 0 Å². The summed E-state index contributed by atoms with van der Waals surface area (Å²) in [5.41, 5.74) is 4.46. The van der Waals surface area contributed by atoms with Crippen molar-refractivity contribution in [1.82, 2.24) is 20.4 Å². The van der Waals surface area contributed by atoms with Crippen molar-refractivity contribution in [2.45, 2.75) is 28.7 Å². The molecule has 2 aliphatic heterocycles. The average molecular weight is 486 g/mol. The summed E-state index contributed by atoms with van der Waals surface area (Å²) in [4.78, 5) is 39.5. The molecular weight excluding hydrogens is 466 g/mol. The van der Waals surface area contributed by atoms with Crippen LogP contribution in [0.25, 0.3) is 0 Å². The third-order valence-corrected chi connectivity index (χ3v) is 9.76. The Morgan fingerprint density at radius 2 is 2.27 bits per heavy atom. The molecule has 0 saturated carbocycles. The van der Waals surface area contributed by atoms with Gasteiger partial charge >= 0.3 is 5.97 Å². The van der Waals surface area contributed by atoms with E-state index in [1.54, 1.807) is 4.90 Å². The zero-order valence-electron chi connectivity index (χ0n) is 15.6. The lowest BCUT2D eigenvalue weighted by Gasteiger charge is -2.53. The Hall–Kier alpha value is -1.67. The van der Waals surface area contributed by atoms with Gasteiger partial charge in [-0.3, -0.25) is 14.4 Å². The molecule has 13 heteroatoms. The molecule has 0 bridgehead atoms. The van der Waals surface area contributed by atoms with Crippen LogP contribution in [0.1, 0.15) is 9.88 Å². The predicted molar refractivity (Wildman–Crippen MR) is 117 cm³/mol. The highest BCUT2D eigenvalue weighted by Gasteiger charge is 2.57. The lowest BCUT2D eigenvalue weighted by Crippen LogP contribution is -2.74. The van der Waals surface area contributed by atoms with E-state index in [2.05, 4.69) is 15.5 Å². The molecule has 2 aliphatic rings. The highest BCUT2D eigenvalue weighted by Crippen LogP contribution is 2.44. The number of thiophene rings is 1. The molecule has 30 heavy (non-hydrogen) atoms. The Balaban J connectivity index is 1.36. The number of nitrogens with two attached hydrogens (primary N) is 1. The van der Waals surface area contributed by atoms with Gasteiger partial charge in [-0.05, 0) is 11.4 Å². The standard InChI is InChI=1S/C17H19N5O4S4/c18-5-11-20-21-16(30-11)29-8-17(15(25)26)6-22-13(24)12(14(22)28-7-17)19-10(23)4-9-2-1-3-27-9/h1-3,12,14H,4-8,18H2,(H,19,23)(H,25,26)/t12?,14-,17?/m1/s1. The van der Waals surface area contributed by atoms with Crippen LogP contribution in [0.15, 0.2) is 21.9 Å². The van der Waals surface area contributed by atoms with E-state index in [1.807, 2.05) is 17.5 Å². The van der Waals surface area contributed by atoms with Gasteiger partial charge in [0.25, 0.3) is 0 Å². The molecule has 9 nitrogen and oxygen atoms in total. The largest absolute Gasteiger partial charge is 0.481 e. The summed E-state index contributed by atoms with van der Waals surface area (Å²) in [6.45, 7) is 0.410. The van der Waals surface area contributed by atoms with Gasteiger partial charge in [0.1, 0.15) is 21.8 Å². The number of nitrogens with one attached hydrogen (secondary N) is 1. The number of aliphatic carboxylic acids is 1. The van der Waals surface area contributed by atoms with E-state index in [9.17, 15) is 19.5 Å². The normalized spacial score (nSPS) is 25.5. The van der Waals surface area contributed by atoms with Crippen LogP contribution < -0.4 is 11.1 Å². The number of hydrogen-bond acceptors (Lipinski definition) is 10. The van der Waals surface area contributed by atoms with E-state index < -0.39 is 17.4 Å². The number of aromatic nitrogens is 2. The minimum Gasteiger partial charge on any atom is -0.481 e. The van der Waals surface area contributed by atoms with E-state index in [-0.39, 0.29) is 35.9 Å². The van der Waals surface area contributed by atoms with Crippen LogP contribution in [0.3, 0.4) is 0 Å². The number of carbonyl (C=O) groups excluding carboxylic acids is 2. The van der Waals surface area contributed by atoms with E-state index in [4.69, 9.17) is 5.73 Å². The van der Waals surface area contributed by atoms with Crippen molar-refractivity contribution >= 4 is 64.0 Å². The lowest BCUT2D eigenvalue weighted by molar-refractivity contribution is -0.157. The summed E-state index contributed by atoms with van der Waals surface area (Å²) in [7, 11) is 0. The van der Waals surface area contributed by atoms with Gasteiger partial charge in [0.15, 0.2) is 4.34 Å². The summed E-state index contributed by atoms with van der Waals surface area (Å²) in [5, 5.41) is 23.0. The molecule has 160 valence electrons. The highest BCUT2D eigenvalue weighted by molar-refractivity contribution is 8.01. The van der Waals surface area contributed by atoms with Crippen LogP contribution in [0.5, 0.6) is 0 Å². The van der Waals surface area contributed by atoms with E-state index >= 15 is 0 Å². The van der Waals surface area contributed by atoms with Gasteiger partial charge in [-0.15, -0.1) is 33.3 Å². The van der Waals surface area contributed by atoms with Crippen molar-refractivity contribution in [1.29, 1.82) is 0 Å². The quantitative estimate of drug-likeness (QED) is 0.367. The van der Waals surface area contributed by atoms with Gasteiger partial charge in [0.2, 0.25) is 11.8 Å². The lowest BCUT2D eigenvalue weighted by atomic mass is 9.89. The minimum atomic E-state index is -1.08. The minimum absolute atomic E-state index is 0.117. The number of rotatable bonds is 8. The smallest absolute Gasteiger partial charge is 0.313 e. The maximum absolute atomic E-state index is 12.6. The highest BCUT2D eigenvalue weighted by atomic mass is 32.2. The first kappa shape index (κ1) is 21.6. The zero-order chi connectivity index (χ0) is 21.3. The SMILES string of the molecule is NCc1nnc(SCC2(C(=O)O)CS[C@@H]3C(NC(=O)Cc4cccs4)C(=O)N3C2)s1. The number of nitrogens with zero attached hydrogens (tertiary/aromatic N) is 3. The van der Waals surface area contributed by atoms with Gasteiger partial charge in [-0.2, -0.15) is 0 Å². The number of carbonyl (C=O) groups is 3. The number of fused-ring (bicyclic) bond motifs is 1. The zero-order valence-corrected chi connectivity index (χ0v) is 18.9. The molecule has 2 amide bonds. The third-order valence-electron chi connectivity index (χ3n) is 4.92. The van der Waals surface area contributed by atoms with E-state index in [0.717, 1.165) is 4.88 Å². The van der Waals surface area contributed by atoms with Crippen molar-refractivity contribution in [2.24, 2.45) is 11.1 Å². The number of carboxylic acids is 1. The second-order valence-corrected chi connectivity index (χ2v) is 11.4. The monoisotopic (exact) mass is 485 g/mol. The van der Waals surface area contributed by atoms with Crippen LogP contribution in [-0.4, -0.2) is 67.5 Å². The molecule has 4 rings (SSSR count). The summed E-state index contributed by atoms with van der Waals surface area (Å²) < 4.78 is 0.664. The fourth-order valence-corrected chi connectivity index (χ4v) is 7.62. The van der Waals surface area contributed by atoms with Gasteiger partial charge in [0, 0.05) is 29.5 Å². The first-order chi connectivity index (χ1) is 14.4. The molecule has 4 N–H and O–H groups in total. The number of amides is 2. The molecule has 2 fully saturated rings. The van der Waals surface area contributed by atoms with Gasteiger partial charge in [-0.25, -0.2) is 0 Å². The maximum Gasteiger partial charge on any atom is 0.313 e. The maximum atomic E-state index is 12.6.